The van der Waals surface area contributed by atoms with Gasteiger partial charge >= 0.3 is 0 Å². The molecule has 5 heteroatoms. The monoisotopic (exact) mass is 261 g/mol. The van der Waals surface area contributed by atoms with Crippen molar-refractivity contribution in [2.24, 2.45) is 0 Å². The zero-order valence-corrected chi connectivity index (χ0v) is 11.2. The normalized spacial score (nSPS) is 13.9. The number of hydrogen-bond acceptors (Lipinski definition) is 4. The van der Waals surface area contributed by atoms with Crippen molar-refractivity contribution < 1.29 is 9.47 Å². The number of unbranched alkanes of at least 4 members (excludes halogenated alkanes) is 2. The maximum Gasteiger partial charge on any atom is 0.201 e. The highest BCUT2D eigenvalue weighted by molar-refractivity contribution is 5.82. The molecule has 2 N–H and O–H groups in total. The van der Waals surface area contributed by atoms with Gasteiger partial charge in [0, 0.05) is 18.7 Å². The quantitative estimate of drug-likeness (QED) is 0.859. The number of rotatable bonds is 4. The van der Waals surface area contributed by atoms with Crippen LogP contribution in [-0.2, 0) is 6.54 Å². The summed E-state index contributed by atoms with van der Waals surface area (Å²) in [5.74, 6) is 2.11. The number of fused-ring (bicyclic) bond motifs is 2. The summed E-state index contributed by atoms with van der Waals surface area (Å²) in [5, 5.41) is 0. The molecule has 1 aromatic heterocycles. The fraction of sp³-hybridized carbons (Fsp3) is 0.500. The summed E-state index contributed by atoms with van der Waals surface area (Å²) in [4.78, 5) is 4.41. The molecule has 2 heterocycles. The third-order valence-corrected chi connectivity index (χ3v) is 3.43. The van der Waals surface area contributed by atoms with E-state index < -0.39 is 0 Å². The Labute approximate surface area is 112 Å². The molecule has 0 saturated heterocycles. The molecule has 0 bridgehead atoms. The number of benzene rings is 1. The summed E-state index contributed by atoms with van der Waals surface area (Å²) >= 11 is 0. The van der Waals surface area contributed by atoms with Crippen molar-refractivity contribution in [1.82, 2.24) is 9.55 Å². The predicted molar refractivity (Wildman–Crippen MR) is 74.7 cm³/mol. The summed E-state index contributed by atoms with van der Waals surface area (Å²) in [6.07, 6.45) is 3.50. The predicted octanol–water partition coefficient (Wildman–Crippen LogP) is 2.58. The Morgan fingerprint density at radius 1 is 1.21 bits per heavy atom. The summed E-state index contributed by atoms with van der Waals surface area (Å²) in [6.45, 7) is 4.27. The number of aryl methyl sites for hydroxylation is 1. The molecule has 0 aliphatic carbocycles. The van der Waals surface area contributed by atoms with E-state index in [1.54, 1.807) is 0 Å². The molecule has 1 aliphatic heterocycles. The lowest BCUT2D eigenvalue weighted by Crippen LogP contribution is -2.15. The number of nitrogen functional groups attached to an aromatic ring is 1. The molecule has 0 radical (unpaired) electrons. The molecule has 0 unspecified atom stereocenters. The van der Waals surface area contributed by atoms with Crippen molar-refractivity contribution in [3.05, 3.63) is 12.1 Å². The lowest BCUT2D eigenvalue weighted by Gasteiger charge is -2.18. The van der Waals surface area contributed by atoms with Crippen LogP contribution in [-0.4, -0.2) is 22.8 Å². The molecule has 1 aromatic carbocycles. The molecule has 5 nitrogen and oxygen atoms in total. The standard InChI is InChI=1S/C14H19N3O2/c1-2-3-4-5-17-11-9-13-12(18-6-7-19-13)8-10(11)16-14(17)15/h8-9H,2-7H2,1H3,(H2,15,16). The molecule has 0 amide bonds. The lowest BCUT2D eigenvalue weighted by molar-refractivity contribution is 0.172. The number of aromatic nitrogens is 2. The van der Waals surface area contributed by atoms with E-state index in [0.717, 1.165) is 35.5 Å². The van der Waals surface area contributed by atoms with Crippen LogP contribution >= 0.6 is 0 Å². The average molecular weight is 261 g/mol. The SMILES string of the molecule is CCCCCn1c(N)nc2cc3c(cc21)OCCO3. The van der Waals surface area contributed by atoms with Crippen LogP contribution in [0, 0.1) is 0 Å². The molecule has 3 rings (SSSR count). The zero-order chi connectivity index (χ0) is 13.2. The van der Waals surface area contributed by atoms with Gasteiger partial charge in [0.1, 0.15) is 13.2 Å². The van der Waals surface area contributed by atoms with Crippen molar-refractivity contribution in [3.63, 3.8) is 0 Å². The van der Waals surface area contributed by atoms with Crippen LogP contribution < -0.4 is 15.2 Å². The van der Waals surface area contributed by atoms with Crippen molar-refractivity contribution in [3.8, 4) is 11.5 Å². The summed E-state index contributed by atoms with van der Waals surface area (Å²) in [5.41, 5.74) is 7.90. The van der Waals surface area contributed by atoms with Crippen LogP contribution in [0.1, 0.15) is 26.2 Å². The summed E-state index contributed by atoms with van der Waals surface area (Å²) in [6, 6.07) is 3.90. The van der Waals surface area contributed by atoms with Gasteiger partial charge in [-0.05, 0) is 6.42 Å². The lowest BCUT2D eigenvalue weighted by atomic mass is 10.2. The molecular formula is C14H19N3O2. The van der Waals surface area contributed by atoms with Gasteiger partial charge in [0.15, 0.2) is 11.5 Å². The van der Waals surface area contributed by atoms with Crippen LogP contribution in [0.2, 0.25) is 0 Å². The van der Waals surface area contributed by atoms with Gasteiger partial charge in [-0.2, -0.15) is 0 Å². The van der Waals surface area contributed by atoms with Gasteiger partial charge in [0.05, 0.1) is 11.0 Å². The van der Waals surface area contributed by atoms with Gasteiger partial charge in [0.25, 0.3) is 0 Å². The highest BCUT2D eigenvalue weighted by Crippen LogP contribution is 2.35. The molecule has 0 atom stereocenters. The number of nitrogens with two attached hydrogens (primary N) is 1. The number of hydrogen-bond donors (Lipinski definition) is 1. The highest BCUT2D eigenvalue weighted by Gasteiger charge is 2.16. The van der Waals surface area contributed by atoms with Gasteiger partial charge in [0.2, 0.25) is 5.95 Å². The second kappa shape index (κ2) is 4.99. The Bertz CT molecular complexity index is 592. The van der Waals surface area contributed by atoms with Gasteiger partial charge in [-0.15, -0.1) is 0 Å². The minimum absolute atomic E-state index is 0.563. The Morgan fingerprint density at radius 3 is 2.68 bits per heavy atom. The third kappa shape index (κ3) is 2.20. The molecule has 0 fully saturated rings. The molecule has 0 spiro atoms. The van der Waals surface area contributed by atoms with Crippen molar-refractivity contribution in [2.45, 2.75) is 32.7 Å². The van der Waals surface area contributed by atoms with Gasteiger partial charge in [-0.25, -0.2) is 4.98 Å². The Balaban J connectivity index is 1.99. The number of anilines is 1. The first kappa shape index (κ1) is 12.1. The van der Waals surface area contributed by atoms with E-state index in [-0.39, 0.29) is 0 Å². The highest BCUT2D eigenvalue weighted by atomic mass is 16.6. The number of nitrogens with zero attached hydrogens (tertiary/aromatic N) is 2. The zero-order valence-electron chi connectivity index (χ0n) is 11.2. The van der Waals surface area contributed by atoms with Crippen LogP contribution in [0.15, 0.2) is 12.1 Å². The largest absolute Gasteiger partial charge is 0.486 e. The molecule has 19 heavy (non-hydrogen) atoms. The maximum absolute atomic E-state index is 6.00. The maximum atomic E-state index is 6.00. The molecule has 1 aliphatic rings. The van der Waals surface area contributed by atoms with E-state index in [9.17, 15) is 0 Å². The van der Waals surface area contributed by atoms with E-state index in [1.165, 1.54) is 12.8 Å². The topological polar surface area (TPSA) is 62.3 Å². The van der Waals surface area contributed by atoms with Crippen molar-refractivity contribution >= 4 is 17.0 Å². The Hall–Kier alpha value is -1.91. The van der Waals surface area contributed by atoms with Crippen LogP contribution in [0.5, 0.6) is 11.5 Å². The van der Waals surface area contributed by atoms with Gasteiger partial charge in [-0.3, -0.25) is 0 Å². The van der Waals surface area contributed by atoms with E-state index in [0.29, 0.717) is 19.2 Å². The summed E-state index contributed by atoms with van der Waals surface area (Å²) in [7, 11) is 0. The van der Waals surface area contributed by atoms with Crippen LogP contribution in [0.4, 0.5) is 5.95 Å². The fourth-order valence-corrected chi connectivity index (χ4v) is 2.44. The first-order valence-electron chi connectivity index (χ1n) is 6.85. The van der Waals surface area contributed by atoms with E-state index >= 15 is 0 Å². The number of imidazole rings is 1. The van der Waals surface area contributed by atoms with Crippen molar-refractivity contribution in [1.29, 1.82) is 0 Å². The third-order valence-electron chi connectivity index (χ3n) is 3.43. The van der Waals surface area contributed by atoms with Crippen LogP contribution in [0.25, 0.3) is 11.0 Å². The molecule has 0 saturated carbocycles. The fourth-order valence-electron chi connectivity index (χ4n) is 2.44. The summed E-state index contributed by atoms with van der Waals surface area (Å²) < 4.78 is 13.2. The van der Waals surface area contributed by atoms with Crippen molar-refractivity contribution in [2.75, 3.05) is 18.9 Å². The molecule has 2 aromatic rings. The second-order valence-electron chi connectivity index (χ2n) is 4.81. The smallest absolute Gasteiger partial charge is 0.201 e. The second-order valence-corrected chi connectivity index (χ2v) is 4.81. The minimum Gasteiger partial charge on any atom is -0.486 e. The first-order chi connectivity index (χ1) is 9.29. The first-order valence-corrected chi connectivity index (χ1v) is 6.85. The average Bonchev–Trinajstić information content (AvgIpc) is 2.72. The van der Waals surface area contributed by atoms with E-state index in [2.05, 4.69) is 16.5 Å². The van der Waals surface area contributed by atoms with Gasteiger partial charge < -0.3 is 19.8 Å². The van der Waals surface area contributed by atoms with Gasteiger partial charge in [-0.1, -0.05) is 19.8 Å². The van der Waals surface area contributed by atoms with E-state index in [1.807, 2.05) is 12.1 Å². The Kier molecular flexibility index (Phi) is 3.19. The molecular weight excluding hydrogens is 242 g/mol. The van der Waals surface area contributed by atoms with E-state index in [4.69, 9.17) is 15.2 Å². The molecule has 102 valence electrons. The minimum atomic E-state index is 0.563. The number of ether oxygens (including phenoxy) is 2. The van der Waals surface area contributed by atoms with Crippen LogP contribution in [0.3, 0.4) is 0 Å². The Morgan fingerprint density at radius 2 is 1.95 bits per heavy atom.